The molecule has 2 heteroatoms. The summed E-state index contributed by atoms with van der Waals surface area (Å²) in [6, 6.07) is 13.3. The zero-order valence-corrected chi connectivity index (χ0v) is 13.7. The van der Waals surface area contributed by atoms with Gasteiger partial charge in [-0.05, 0) is 51.4 Å². The average molecular weight is 283 g/mol. The lowest BCUT2D eigenvalue weighted by Crippen LogP contribution is -2.20. The highest BCUT2D eigenvalue weighted by Gasteiger charge is 2.16. The van der Waals surface area contributed by atoms with Crippen molar-refractivity contribution >= 4 is 0 Å². The van der Waals surface area contributed by atoms with Crippen LogP contribution in [0.15, 0.2) is 36.4 Å². The van der Waals surface area contributed by atoms with Crippen molar-refractivity contribution in [2.24, 2.45) is 0 Å². The number of aryl methyl sites for hydroxylation is 3. The third-order valence-corrected chi connectivity index (χ3v) is 4.04. The van der Waals surface area contributed by atoms with Crippen LogP contribution >= 0.6 is 0 Å². The predicted molar refractivity (Wildman–Crippen MR) is 89.2 cm³/mol. The maximum atomic E-state index is 5.53. The second kappa shape index (κ2) is 6.77. The Hall–Kier alpha value is -1.80. The van der Waals surface area contributed by atoms with E-state index in [9.17, 15) is 0 Å². The monoisotopic (exact) mass is 283 g/mol. The molecule has 0 spiro atoms. The topological polar surface area (TPSA) is 21.3 Å². The standard InChI is InChI=1S/C19H25NO/c1-13-6-8-15(3)16(10-13)12-18(20-4)17-11-14(2)7-9-19(17)21-5/h6-11,18,20H,12H2,1-5H3. The van der Waals surface area contributed by atoms with Crippen LogP contribution < -0.4 is 10.1 Å². The fourth-order valence-electron chi connectivity index (χ4n) is 2.73. The van der Waals surface area contributed by atoms with Crippen LogP contribution in [0.5, 0.6) is 5.75 Å². The van der Waals surface area contributed by atoms with Crippen LogP contribution in [0.3, 0.4) is 0 Å². The van der Waals surface area contributed by atoms with Crippen LogP contribution in [-0.4, -0.2) is 14.2 Å². The van der Waals surface area contributed by atoms with Crippen LogP contribution in [-0.2, 0) is 6.42 Å². The average Bonchev–Trinajstić information content (AvgIpc) is 2.48. The molecule has 0 bridgehead atoms. The van der Waals surface area contributed by atoms with E-state index in [-0.39, 0.29) is 6.04 Å². The van der Waals surface area contributed by atoms with Gasteiger partial charge in [0.25, 0.3) is 0 Å². The minimum Gasteiger partial charge on any atom is -0.496 e. The van der Waals surface area contributed by atoms with E-state index in [1.807, 2.05) is 7.05 Å². The molecule has 2 nitrogen and oxygen atoms in total. The van der Waals surface area contributed by atoms with Gasteiger partial charge in [0.05, 0.1) is 7.11 Å². The summed E-state index contributed by atoms with van der Waals surface area (Å²) in [4.78, 5) is 0. The molecule has 0 aliphatic heterocycles. The lowest BCUT2D eigenvalue weighted by Gasteiger charge is -2.21. The van der Waals surface area contributed by atoms with Crippen LogP contribution in [0, 0.1) is 20.8 Å². The molecule has 0 aliphatic carbocycles. The molecule has 2 rings (SSSR count). The number of methoxy groups -OCH3 is 1. The molecule has 0 heterocycles. The van der Waals surface area contributed by atoms with Gasteiger partial charge < -0.3 is 10.1 Å². The molecule has 0 amide bonds. The Morgan fingerprint density at radius 1 is 1.00 bits per heavy atom. The van der Waals surface area contributed by atoms with Crippen molar-refractivity contribution in [3.63, 3.8) is 0 Å². The highest BCUT2D eigenvalue weighted by atomic mass is 16.5. The number of hydrogen-bond acceptors (Lipinski definition) is 2. The molecule has 21 heavy (non-hydrogen) atoms. The van der Waals surface area contributed by atoms with Crippen molar-refractivity contribution in [2.75, 3.05) is 14.2 Å². The molecular weight excluding hydrogens is 258 g/mol. The van der Waals surface area contributed by atoms with Gasteiger partial charge in [0, 0.05) is 11.6 Å². The van der Waals surface area contributed by atoms with E-state index >= 15 is 0 Å². The number of benzene rings is 2. The maximum Gasteiger partial charge on any atom is 0.123 e. The molecule has 2 aromatic carbocycles. The van der Waals surface area contributed by atoms with Crippen molar-refractivity contribution in [2.45, 2.75) is 33.2 Å². The summed E-state index contributed by atoms with van der Waals surface area (Å²) < 4.78 is 5.53. The first-order valence-electron chi connectivity index (χ1n) is 7.43. The van der Waals surface area contributed by atoms with Crippen LogP contribution in [0.2, 0.25) is 0 Å². The Kier molecular flexibility index (Phi) is 5.03. The number of likely N-dealkylation sites (N-methyl/N-ethyl adjacent to an activating group) is 1. The molecule has 0 aromatic heterocycles. The van der Waals surface area contributed by atoms with Gasteiger partial charge in [-0.25, -0.2) is 0 Å². The van der Waals surface area contributed by atoms with Crippen molar-refractivity contribution in [3.8, 4) is 5.75 Å². The first-order valence-corrected chi connectivity index (χ1v) is 7.43. The first-order chi connectivity index (χ1) is 10.0. The third-order valence-electron chi connectivity index (χ3n) is 4.04. The molecule has 0 fully saturated rings. The Morgan fingerprint density at radius 3 is 2.33 bits per heavy atom. The van der Waals surface area contributed by atoms with Gasteiger partial charge in [0.1, 0.15) is 5.75 Å². The minimum atomic E-state index is 0.250. The molecular formula is C19H25NO. The first kappa shape index (κ1) is 15.6. The number of rotatable bonds is 5. The highest BCUT2D eigenvalue weighted by molar-refractivity contribution is 5.41. The fourth-order valence-corrected chi connectivity index (χ4v) is 2.73. The van der Waals surface area contributed by atoms with E-state index in [1.165, 1.54) is 27.8 Å². The lowest BCUT2D eigenvalue weighted by atomic mass is 9.93. The normalized spacial score (nSPS) is 12.2. The molecule has 2 aromatic rings. The van der Waals surface area contributed by atoms with Crippen LogP contribution in [0.1, 0.15) is 33.9 Å². The van der Waals surface area contributed by atoms with E-state index in [0.29, 0.717) is 0 Å². The number of ether oxygens (including phenoxy) is 1. The van der Waals surface area contributed by atoms with Crippen molar-refractivity contribution < 1.29 is 4.74 Å². The van der Waals surface area contributed by atoms with E-state index in [1.54, 1.807) is 7.11 Å². The van der Waals surface area contributed by atoms with E-state index in [4.69, 9.17) is 4.74 Å². The highest BCUT2D eigenvalue weighted by Crippen LogP contribution is 2.29. The lowest BCUT2D eigenvalue weighted by molar-refractivity contribution is 0.401. The van der Waals surface area contributed by atoms with Gasteiger partial charge in [-0.2, -0.15) is 0 Å². The summed E-state index contributed by atoms with van der Waals surface area (Å²) in [5, 5.41) is 3.44. The summed E-state index contributed by atoms with van der Waals surface area (Å²) in [6.07, 6.45) is 0.962. The second-order valence-corrected chi connectivity index (χ2v) is 5.72. The smallest absolute Gasteiger partial charge is 0.123 e. The van der Waals surface area contributed by atoms with Gasteiger partial charge in [0.15, 0.2) is 0 Å². The second-order valence-electron chi connectivity index (χ2n) is 5.72. The van der Waals surface area contributed by atoms with Crippen molar-refractivity contribution in [1.82, 2.24) is 5.32 Å². The molecule has 1 N–H and O–H groups in total. The van der Waals surface area contributed by atoms with E-state index in [2.05, 4.69) is 62.5 Å². The predicted octanol–water partition coefficient (Wildman–Crippen LogP) is 4.12. The van der Waals surface area contributed by atoms with E-state index in [0.717, 1.165) is 12.2 Å². The molecule has 1 unspecified atom stereocenters. The van der Waals surface area contributed by atoms with Crippen LogP contribution in [0.25, 0.3) is 0 Å². The molecule has 0 aliphatic rings. The Bertz CT molecular complexity index is 619. The quantitative estimate of drug-likeness (QED) is 0.891. The summed E-state index contributed by atoms with van der Waals surface area (Å²) in [6.45, 7) is 6.44. The fraction of sp³-hybridized carbons (Fsp3) is 0.368. The Balaban J connectivity index is 2.36. The Labute approximate surface area is 128 Å². The summed E-state index contributed by atoms with van der Waals surface area (Å²) in [5.74, 6) is 0.949. The summed E-state index contributed by atoms with van der Waals surface area (Å²) >= 11 is 0. The summed E-state index contributed by atoms with van der Waals surface area (Å²) in [5.41, 5.74) is 6.51. The Morgan fingerprint density at radius 2 is 1.67 bits per heavy atom. The SMILES string of the molecule is CNC(Cc1cc(C)ccc1C)c1cc(C)ccc1OC. The largest absolute Gasteiger partial charge is 0.496 e. The van der Waals surface area contributed by atoms with Gasteiger partial charge >= 0.3 is 0 Å². The zero-order valence-electron chi connectivity index (χ0n) is 13.7. The van der Waals surface area contributed by atoms with Gasteiger partial charge in [-0.15, -0.1) is 0 Å². The third kappa shape index (κ3) is 3.64. The zero-order chi connectivity index (χ0) is 15.4. The summed E-state index contributed by atoms with van der Waals surface area (Å²) in [7, 11) is 3.75. The number of hydrogen-bond donors (Lipinski definition) is 1. The van der Waals surface area contributed by atoms with Gasteiger partial charge in [0.2, 0.25) is 0 Å². The molecule has 0 radical (unpaired) electrons. The van der Waals surface area contributed by atoms with Gasteiger partial charge in [-0.1, -0.05) is 41.5 Å². The van der Waals surface area contributed by atoms with Crippen molar-refractivity contribution in [1.29, 1.82) is 0 Å². The van der Waals surface area contributed by atoms with E-state index < -0.39 is 0 Å². The molecule has 112 valence electrons. The minimum absolute atomic E-state index is 0.250. The van der Waals surface area contributed by atoms with Gasteiger partial charge in [-0.3, -0.25) is 0 Å². The molecule has 0 saturated heterocycles. The maximum absolute atomic E-state index is 5.53. The molecule has 0 saturated carbocycles. The molecule has 1 atom stereocenters. The van der Waals surface area contributed by atoms with Crippen LogP contribution in [0.4, 0.5) is 0 Å². The van der Waals surface area contributed by atoms with Crippen molar-refractivity contribution in [3.05, 3.63) is 64.2 Å². The number of nitrogens with one attached hydrogen (secondary N) is 1.